The molecule has 2 N–H and O–H groups in total. The molecule has 1 aliphatic heterocycles. The highest BCUT2D eigenvalue weighted by atomic mass is 19.4. The van der Waals surface area contributed by atoms with Gasteiger partial charge in [0.2, 0.25) is 0 Å². The molecule has 1 aliphatic rings. The Morgan fingerprint density at radius 2 is 1.92 bits per heavy atom. The Labute approximate surface area is 69.5 Å². The van der Waals surface area contributed by atoms with Crippen LogP contribution in [0.5, 0.6) is 0 Å². The second kappa shape index (κ2) is 3.62. The molecule has 0 atom stereocenters. The van der Waals surface area contributed by atoms with Crippen LogP contribution in [0, 0.1) is 5.92 Å². The van der Waals surface area contributed by atoms with Gasteiger partial charge >= 0.3 is 6.18 Å². The normalized spacial score (nSPS) is 21.0. The zero-order valence-corrected chi connectivity index (χ0v) is 6.77. The summed E-state index contributed by atoms with van der Waals surface area (Å²) in [5.74, 6) is 0.415. The van der Waals surface area contributed by atoms with Crippen LogP contribution in [-0.4, -0.2) is 37.3 Å². The van der Waals surface area contributed by atoms with E-state index in [1.165, 1.54) is 0 Å². The third kappa shape index (κ3) is 2.98. The lowest BCUT2D eigenvalue weighted by molar-refractivity contribution is -0.141. The topological polar surface area (TPSA) is 29.3 Å². The van der Waals surface area contributed by atoms with Crippen molar-refractivity contribution in [3.63, 3.8) is 0 Å². The highest BCUT2D eigenvalue weighted by Crippen LogP contribution is 2.22. The van der Waals surface area contributed by atoms with Gasteiger partial charge in [-0.2, -0.15) is 13.2 Å². The molecule has 1 heterocycles. The van der Waals surface area contributed by atoms with Gasteiger partial charge in [-0.3, -0.25) is 0 Å². The fourth-order valence-corrected chi connectivity index (χ4v) is 1.29. The first-order valence-corrected chi connectivity index (χ1v) is 4.00. The molecular weight excluding hydrogens is 169 g/mol. The Bertz CT molecular complexity index is 140. The largest absolute Gasteiger partial charge is 0.390 e. The number of halogens is 3. The predicted molar refractivity (Wildman–Crippen MR) is 39.7 cm³/mol. The van der Waals surface area contributed by atoms with Crippen molar-refractivity contribution in [2.75, 3.05) is 26.2 Å². The van der Waals surface area contributed by atoms with Gasteiger partial charge in [0, 0.05) is 19.6 Å². The molecule has 0 radical (unpaired) electrons. The van der Waals surface area contributed by atoms with E-state index in [1.54, 1.807) is 4.90 Å². The summed E-state index contributed by atoms with van der Waals surface area (Å²) in [5.41, 5.74) is 5.33. The molecule has 1 saturated heterocycles. The van der Waals surface area contributed by atoms with Crippen LogP contribution in [-0.2, 0) is 0 Å². The molecular formula is C7H13F3N2. The summed E-state index contributed by atoms with van der Waals surface area (Å²) in [6.45, 7) is 2.17. The van der Waals surface area contributed by atoms with E-state index in [-0.39, 0.29) is 6.54 Å². The fraction of sp³-hybridized carbons (Fsp3) is 1.00. The van der Waals surface area contributed by atoms with E-state index in [0.29, 0.717) is 12.5 Å². The summed E-state index contributed by atoms with van der Waals surface area (Å²) >= 11 is 0. The van der Waals surface area contributed by atoms with E-state index in [0.717, 1.165) is 13.1 Å². The lowest BCUT2D eigenvalue weighted by Crippen LogP contribution is -2.50. The summed E-state index contributed by atoms with van der Waals surface area (Å²) in [4.78, 5) is 1.78. The summed E-state index contributed by atoms with van der Waals surface area (Å²) < 4.78 is 35.1. The zero-order valence-electron chi connectivity index (χ0n) is 6.77. The first kappa shape index (κ1) is 9.80. The minimum absolute atomic E-state index is 0.125. The van der Waals surface area contributed by atoms with Crippen molar-refractivity contribution in [1.29, 1.82) is 0 Å². The molecule has 1 fully saturated rings. The molecule has 0 aromatic rings. The smallest absolute Gasteiger partial charge is 0.330 e. The Morgan fingerprint density at radius 1 is 1.33 bits per heavy atom. The van der Waals surface area contributed by atoms with Gasteiger partial charge in [-0.15, -0.1) is 0 Å². The van der Waals surface area contributed by atoms with Crippen LogP contribution in [0.25, 0.3) is 0 Å². The van der Waals surface area contributed by atoms with Crippen molar-refractivity contribution in [2.45, 2.75) is 12.6 Å². The van der Waals surface area contributed by atoms with Crippen LogP contribution < -0.4 is 5.73 Å². The predicted octanol–water partition coefficient (Wildman–Crippen LogP) is 0.829. The van der Waals surface area contributed by atoms with Gasteiger partial charge in [-0.1, -0.05) is 0 Å². The van der Waals surface area contributed by atoms with Crippen LogP contribution in [0.3, 0.4) is 0 Å². The monoisotopic (exact) mass is 182 g/mol. The van der Waals surface area contributed by atoms with Gasteiger partial charge in [0.1, 0.15) is 0 Å². The molecule has 0 unspecified atom stereocenters. The van der Waals surface area contributed by atoms with Gasteiger partial charge in [0.15, 0.2) is 0 Å². The van der Waals surface area contributed by atoms with Crippen molar-refractivity contribution in [2.24, 2.45) is 11.7 Å². The standard InChI is InChI=1S/C7H13F3N2/c8-7(9,10)1-2-12-4-6(3-11)5-12/h6H,1-5,11H2. The maximum absolute atomic E-state index is 11.7. The van der Waals surface area contributed by atoms with Gasteiger partial charge < -0.3 is 10.6 Å². The number of nitrogens with two attached hydrogens (primary N) is 1. The third-order valence-corrected chi connectivity index (χ3v) is 2.08. The minimum atomic E-state index is -4.02. The van der Waals surface area contributed by atoms with Crippen molar-refractivity contribution >= 4 is 0 Å². The Kier molecular flexibility index (Phi) is 2.95. The summed E-state index contributed by atoms with van der Waals surface area (Å²) in [6, 6.07) is 0. The van der Waals surface area contributed by atoms with Crippen molar-refractivity contribution in [3.05, 3.63) is 0 Å². The van der Waals surface area contributed by atoms with E-state index in [1.807, 2.05) is 0 Å². The molecule has 0 amide bonds. The fourth-order valence-electron chi connectivity index (χ4n) is 1.29. The molecule has 5 heteroatoms. The van der Waals surface area contributed by atoms with E-state index >= 15 is 0 Å². The Morgan fingerprint density at radius 3 is 2.33 bits per heavy atom. The molecule has 0 bridgehead atoms. The first-order valence-electron chi connectivity index (χ1n) is 4.00. The van der Waals surface area contributed by atoms with E-state index < -0.39 is 12.6 Å². The Balaban J connectivity index is 2.04. The molecule has 72 valence electrons. The molecule has 12 heavy (non-hydrogen) atoms. The van der Waals surface area contributed by atoms with Crippen LogP contribution in [0.1, 0.15) is 6.42 Å². The van der Waals surface area contributed by atoms with Crippen molar-refractivity contribution in [3.8, 4) is 0 Å². The maximum Gasteiger partial charge on any atom is 0.390 e. The number of nitrogens with zero attached hydrogens (tertiary/aromatic N) is 1. The number of hydrogen-bond donors (Lipinski definition) is 1. The number of likely N-dealkylation sites (tertiary alicyclic amines) is 1. The quantitative estimate of drug-likeness (QED) is 0.700. The molecule has 1 rings (SSSR count). The second-order valence-electron chi connectivity index (χ2n) is 3.23. The molecule has 0 aromatic heterocycles. The highest BCUT2D eigenvalue weighted by molar-refractivity contribution is 4.80. The second-order valence-corrected chi connectivity index (χ2v) is 3.23. The number of rotatable bonds is 3. The molecule has 2 nitrogen and oxygen atoms in total. The maximum atomic E-state index is 11.7. The van der Waals surface area contributed by atoms with E-state index in [4.69, 9.17) is 5.73 Å². The van der Waals surface area contributed by atoms with Crippen LogP contribution in [0.15, 0.2) is 0 Å². The average molecular weight is 182 g/mol. The summed E-state index contributed by atoms with van der Waals surface area (Å²) in [7, 11) is 0. The summed E-state index contributed by atoms with van der Waals surface area (Å²) in [6.07, 6.45) is -4.72. The van der Waals surface area contributed by atoms with E-state index in [2.05, 4.69) is 0 Å². The van der Waals surface area contributed by atoms with Crippen molar-refractivity contribution < 1.29 is 13.2 Å². The summed E-state index contributed by atoms with van der Waals surface area (Å²) in [5, 5.41) is 0. The number of alkyl halides is 3. The van der Waals surface area contributed by atoms with Gasteiger partial charge in [0.25, 0.3) is 0 Å². The van der Waals surface area contributed by atoms with Crippen LogP contribution >= 0.6 is 0 Å². The lowest BCUT2D eigenvalue weighted by atomic mass is 10.0. The molecule has 0 aromatic carbocycles. The molecule has 0 spiro atoms. The minimum Gasteiger partial charge on any atom is -0.330 e. The van der Waals surface area contributed by atoms with Gasteiger partial charge in [-0.25, -0.2) is 0 Å². The third-order valence-electron chi connectivity index (χ3n) is 2.08. The average Bonchev–Trinajstić information content (AvgIpc) is 1.82. The Hall–Kier alpha value is -0.290. The van der Waals surface area contributed by atoms with Crippen LogP contribution in [0.4, 0.5) is 13.2 Å². The SMILES string of the molecule is NCC1CN(CCC(F)(F)F)C1. The van der Waals surface area contributed by atoms with Gasteiger partial charge in [0.05, 0.1) is 6.42 Å². The zero-order chi connectivity index (χ0) is 9.19. The molecule has 0 aliphatic carbocycles. The first-order chi connectivity index (χ1) is 5.51. The van der Waals surface area contributed by atoms with Crippen LogP contribution in [0.2, 0.25) is 0 Å². The molecule has 0 saturated carbocycles. The number of hydrogen-bond acceptors (Lipinski definition) is 2. The highest BCUT2D eigenvalue weighted by Gasteiger charge is 2.31. The van der Waals surface area contributed by atoms with E-state index in [9.17, 15) is 13.2 Å². The van der Waals surface area contributed by atoms with Gasteiger partial charge in [-0.05, 0) is 12.5 Å². The van der Waals surface area contributed by atoms with Crippen molar-refractivity contribution in [1.82, 2.24) is 4.90 Å². The lowest BCUT2D eigenvalue weighted by Gasteiger charge is -2.38.